The van der Waals surface area contributed by atoms with Crippen molar-refractivity contribution in [1.29, 1.82) is 0 Å². The average Bonchev–Trinajstić information content (AvgIpc) is 2.73. The summed E-state index contributed by atoms with van der Waals surface area (Å²) in [5.41, 5.74) is 4.15. The minimum Gasteiger partial charge on any atom is -0.313 e. The zero-order valence-corrected chi connectivity index (χ0v) is 8.83. The van der Waals surface area contributed by atoms with Gasteiger partial charge in [0.25, 0.3) is 0 Å². The minimum absolute atomic E-state index is 0.198. The Balaban J connectivity index is 2.01. The molecule has 0 atom stereocenters. The van der Waals surface area contributed by atoms with Gasteiger partial charge in [-0.2, -0.15) is 0 Å². The van der Waals surface area contributed by atoms with Gasteiger partial charge < -0.3 is 5.32 Å². The fourth-order valence-corrected chi connectivity index (χ4v) is 2.16. The molecule has 3 rings (SSSR count). The molecule has 0 unspecified atom stereocenters. The summed E-state index contributed by atoms with van der Waals surface area (Å²) < 4.78 is 13.2. The molecule has 1 aromatic rings. The molecule has 0 aromatic heterocycles. The molecule has 3 heteroatoms. The molecule has 1 radical (unpaired) electrons. The molecule has 2 heterocycles. The van der Waals surface area contributed by atoms with Gasteiger partial charge in [0.2, 0.25) is 0 Å². The third kappa shape index (κ3) is 1.53. The van der Waals surface area contributed by atoms with E-state index in [0.29, 0.717) is 0 Å². The molecule has 1 N–H and O–H groups in total. The van der Waals surface area contributed by atoms with Crippen LogP contribution in [0.2, 0.25) is 0 Å². The smallest absolute Gasteiger partial charge is 0.123 e. The quantitative estimate of drug-likeness (QED) is 0.764. The predicted octanol–water partition coefficient (Wildman–Crippen LogP) is 2.34. The lowest BCUT2D eigenvalue weighted by Gasteiger charge is -2.15. The Morgan fingerprint density at radius 3 is 3.06 bits per heavy atom. The lowest BCUT2D eigenvalue weighted by Crippen LogP contribution is -2.20. The molecule has 0 saturated heterocycles. The van der Waals surface area contributed by atoms with E-state index in [0.717, 1.165) is 36.3 Å². The number of benzene rings is 1. The summed E-state index contributed by atoms with van der Waals surface area (Å²) in [6.45, 7) is 1.87. The number of rotatable bonds is 1. The van der Waals surface area contributed by atoms with Crippen molar-refractivity contribution in [3.8, 4) is 0 Å². The standard InChI is InChI=1S/C13H12FN2/c14-10-1-2-13-11(7-10)12(8-16-13)9-3-5-15-6-4-9/h1-3,7-8,15H,4-6H2. The zero-order valence-electron chi connectivity index (χ0n) is 8.83. The topological polar surface area (TPSA) is 26.1 Å². The summed E-state index contributed by atoms with van der Waals surface area (Å²) in [6, 6.07) is 4.76. The molecule has 0 amide bonds. The molecule has 2 aliphatic heterocycles. The number of nitrogens with one attached hydrogen (secondary N) is 1. The van der Waals surface area contributed by atoms with Gasteiger partial charge in [0.05, 0.1) is 5.69 Å². The van der Waals surface area contributed by atoms with Crippen molar-refractivity contribution in [3.05, 3.63) is 47.4 Å². The van der Waals surface area contributed by atoms with E-state index in [1.807, 2.05) is 6.20 Å². The highest BCUT2D eigenvalue weighted by Gasteiger charge is 2.19. The molecule has 16 heavy (non-hydrogen) atoms. The van der Waals surface area contributed by atoms with Gasteiger partial charge in [0.1, 0.15) is 5.82 Å². The van der Waals surface area contributed by atoms with Crippen LogP contribution in [0.25, 0.3) is 5.57 Å². The Bertz CT molecular complexity index is 489. The van der Waals surface area contributed by atoms with E-state index in [-0.39, 0.29) is 5.82 Å². The maximum Gasteiger partial charge on any atom is 0.123 e. The van der Waals surface area contributed by atoms with Gasteiger partial charge in [-0.05, 0) is 36.7 Å². The fraction of sp³-hybridized carbons (Fsp3) is 0.231. The van der Waals surface area contributed by atoms with Crippen LogP contribution in [0.4, 0.5) is 10.1 Å². The summed E-state index contributed by atoms with van der Waals surface area (Å²) in [6.07, 6.45) is 4.99. The Kier molecular flexibility index (Phi) is 2.26. The van der Waals surface area contributed by atoms with Crippen LogP contribution in [0.5, 0.6) is 0 Å². The highest BCUT2D eigenvalue weighted by Crippen LogP contribution is 2.36. The lowest BCUT2D eigenvalue weighted by molar-refractivity contribution is 0.627. The molecule has 0 fully saturated rings. The third-order valence-electron chi connectivity index (χ3n) is 2.99. The van der Waals surface area contributed by atoms with Crippen molar-refractivity contribution in [1.82, 2.24) is 10.6 Å². The largest absolute Gasteiger partial charge is 0.313 e. The van der Waals surface area contributed by atoms with Gasteiger partial charge in [-0.15, -0.1) is 0 Å². The summed E-state index contributed by atoms with van der Waals surface area (Å²) in [5.74, 6) is -0.198. The van der Waals surface area contributed by atoms with Gasteiger partial charge >= 0.3 is 0 Å². The van der Waals surface area contributed by atoms with E-state index in [9.17, 15) is 4.39 Å². The summed E-state index contributed by atoms with van der Waals surface area (Å²) in [4.78, 5) is 0. The van der Waals surface area contributed by atoms with E-state index >= 15 is 0 Å². The van der Waals surface area contributed by atoms with Crippen LogP contribution in [0.1, 0.15) is 12.0 Å². The van der Waals surface area contributed by atoms with Crippen LogP contribution in [0.3, 0.4) is 0 Å². The van der Waals surface area contributed by atoms with Gasteiger partial charge in [0, 0.05) is 23.9 Å². The molecule has 0 spiro atoms. The first-order valence-corrected chi connectivity index (χ1v) is 5.46. The first kappa shape index (κ1) is 9.60. The maximum absolute atomic E-state index is 13.2. The minimum atomic E-state index is -0.198. The van der Waals surface area contributed by atoms with E-state index in [2.05, 4.69) is 16.7 Å². The molecule has 0 aliphatic carbocycles. The van der Waals surface area contributed by atoms with E-state index < -0.39 is 0 Å². The number of fused-ring (bicyclic) bond motifs is 1. The van der Waals surface area contributed by atoms with Crippen LogP contribution in [0, 0.1) is 5.82 Å². The number of hydrogen-bond donors (Lipinski definition) is 1. The molecular formula is C13H12FN2. The summed E-state index contributed by atoms with van der Waals surface area (Å²) in [5, 5.41) is 7.57. The van der Waals surface area contributed by atoms with Gasteiger partial charge in [-0.25, -0.2) is 4.39 Å². The van der Waals surface area contributed by atoms with E-state index in [1.54, 1.807) is 12.1 Å². The van der Waals surface area contributed by atoms with Crippen LogP contribution < -0.4 is 10.6 Å². The highest BCUT2D eigenvalue weighted by atomic mass is 19.1. The fourth-order valence-electron chi connectivity index (χ4n) is 2.16. The van der Waals surface area contributed by atoms with Crippen LogP contribution in [-0.4, -0.2) is 13.1 Å². The molecule has 81 valence electrons. The van der Waals surface area contributed by atoms with Crippen molar-refractivity contribution >= 4 is 11.3 Å². The molecular weight excluding hydrogens is 203 g/mol. The number of allylic oxidation sites excluding steroid dienone is 1. The Morgan fingerprint density at radius 1 is 1.31 bits per heavy atom. The Labute approximate surface area is 93.9 Å². The molecule has 0 saturated carbocycles. The zero-order chi connectivity index (χ0) is 11.0. The third-order valence-corrected chi connectivity index (χ3v) is 2.99. The summed E-state index contributed by atoms with van der Waals surface area (Å²) >= 11 is 0. The number of nitrogens with zero attached hydrogens (tertiary/aromatic N) is 1. The highest BCUT2D eigenvalue weighted by molar-refractivity contribution is 5.88. The second kappa shape index (κ2) is 3.76. The molecule has 1 aromatic carbocycles. The maximum atomic E-state index is 13.2. The van der Waals surface area contributed by atoms with Gasteiger partial charge in [0.15, 0.2) is 0 Å². The van der Waals surface area contributed by atoms with Gasteiger partial charge in [-0.3, -0.25) is 5.32 Å². The van der Waals surface area contributed by atoms with Crippen molar-refractivity contribution < 1.29 is 4.39 Å². The SMILES string of the molecule is Fc1ccc2c(c1)C(C1=CCNCC1)=C[N]2. The van der Waals surface area contributed by atoms with Gasteiger partial charge in [-0.1, -0.05) is 6.08 Å². The van der Waals surface area contributed by atoms with Crippen molar-refractivity contribution in [2.24, 2.45) is 0 Å². The van der Waals surface area contributed by atoms with Crippen LogP contribution in [-0.2, 0) is 0 Å². The second-order valence-corrected chi connectivity index (χ2v) is 4.02. The first-order chi connectivity index (χ1) is 7.84. The molecule has 2 aliphatic rings. The van der Waals surface area contributed by atoms with Crippen LogP contribution in [0.15, 0.2) is 36.0 Å². The number of halogens is 1. The van der Waals surface area contributed by atoms with Crippen molar-refractivity contribution in [2.45, 2.75) is 6.42 Å². The van der Waals surface area contributed by atoms with Crippen LogP contribution >= 0.6 is 0 Å². The average molecular weight is 215 g/mol. The Hall–Kier alpha value is -1.61. The summed E-state index contributed by atoms with van der Waals surface area (Å²) in [7, 11) is 0. The lowest BCUT2D eigenvalue weighted by atomic mass is 9.95. The second-order valence-electron chi connectivity index (χ2n) is 4.02. The van der Waals surface area contributed by atoms with E-state index in [1.165, 1.54) is 11.6 Å². The first-order valence-electron chi connectivity index (χ1n) is 5.46. The van der Waals surface area contributed by atoms with E-state index in [4.69, 9.17) is 0 Å². The monoisotopic (exact) mass is 215 g/mol. The van der Waals surface area contributed by atoms with Crippen molar-refractivity contribution in [2.75, 3.05) is 13.1 Å². The number of hydrogen-bond acceptors (Lipinski definition) is 1. The van der Waals surface area contributed by atoms with Crippen molar-refractivity contribution in [3.63, 3.8) is 0 Å². The Morgan fingerprint density at radius 2 is 2.25 bits per heavy atom. The molecule has 0 bridgehead atoms. The predicted molar refractivity (Wildman–Crippen MR) is 61.7 cm³/mol. The molecule has 2 nitrogen and oxygen atoms in total. The normalized spacial score (nSPS) is 18.6.